The van der Waals surface area contributed by atoms with E-state index in [1.165, 1.54) is 0 Å². The van der Waals surface area contributed by atoms with E-state index >= 15 is 0 Å². The van der Waals surface area contributed by atoms with Crippen LogP contribution in [0.1, 0.15) is 20.8 Å². The molecule has 0 heterocycles. The molecule has 0 atom stereocenters. The van der Waals surface area contributed by atoms with Crippen LogP contribution in [0.3, 0.4) is 0 Å². The molecule has 0 saturated heterocycles. The number of nitrogens with zero attached hydrogens (tertiary/aromatic N) is 1. The van der Waals surface area contributed by atoms with E-state index in [9.17, 15) is 18.0 Å². The second-order valence-electron chi connectivity index (χ2n) is 4.87. The number of sulfonamides is 1. The lowest BCUT2D eigenvalue weighted by Gasteiger charge is -2.24. The van der Waals surface area contributed by atoms with Gasteiger partial charge in [0.15, 0.2) is 0 Å². The number of carboxylic acids is 2. The summed E-state index contributed by atoms with van der Waals surface area (Å²) < 4.78 is 24.1. The highest BCUT2D eigenvalue weighted by Gasteiger charge is 2.30. The van der Waals surface area contributed by atoms with Crippen molar-refractivity contribution in [2.45, 2.75) is 20.8 Å². The summed E-state index contributed by atoms with van der Waals surface area (Å²) in [6.07, 6.45) is 0. The first-order valence-electron chi connectivity index (χ1n) is 4.85. The number of rotatable bonds is 6. The van der Waals surface area contributed by atoms with Gasteiger partial charge in [-0.25, -0.2) is 8.42 Å². The molecule has 0 aromatic rings. The molecule has 0 aromatic carbocycles. The van der Waals surface area contributed by atoms with Gasteiger partial charge in [0.25, 0.3) is 0 Å². The van der Waals surface area contributed by atoms with Crippen LogP contribution < -0.4 is 0 Å². The number of aliphatic carboxylic acids is 2. The van der Waals surface area contributed by atoms with E-state index in [0.29, 0.717) is 4.31 Å². The average Bonchev–Trinajstić information content (AvgIpc) is 1.95. The van der Waals surface area contributed by atoms with Crippen LogP contribution in [0.25, 0.3) is 0 Å². The normalized spacial score (nSPS) is 12.7. The fourth-order valence-corrected chi connectivity index (χ4v) is 3.08. The second-order valence-corrected chi connectivity index (χ2v) is 6.84. The van der Waals surface area contributed by atoms with Gasteiger partial charge in [0.1, 0.15) is 13.1 Å². The van der Waals surface area contributed by atoms with Crippen molar-refractivity contribution >= 4 is 22.0 Å². The smallest absolute Gasteiger partial charge is 0.318 e. The lowest BCUT2D eigenvalue weighted by Crippen LogP contribution is -2.42. The summed E-state index contributed by atoms with van der Waals surface area (Å²) in [5.41, 5.74) is -0.575. The fourth-order valence-electron chi connectivity index (χ4n) is 1.19. The lowest BCUT2D eigenvalue weighted by atomic mass is 10.0. The van der Waals surface area contributed by atoms with E-state index in [2.05, 4.69) is 0 Å². The Balaban J connectivity index is 5.02. The van der Waals surface area contributed by atoms with Crippen LogP contribution in [-0.2, 0) is 19.6 Å². The zero-order valence-electron chi connectivity index (χ0n) is 10.0. The van der Waals surface area contributed by atoms with Gasteiger partial charge >= 0.3 is 11.9 Å². The predicted molar refractivity (Wildman–Crippen MR) is 60.1 cm³/mol. The zero-order chi connectivity index (χ0) is 13.9. The first kappa shape index (κ1) is 15.9. The molecule has 0 bridgehead atoms. The molecule has 8 heteroatoms. The highest BCUT2D eigenvalue weighted by atomic mass is 32.2. The third-order valence-electron chi connectivity index (χ3n) is 1.63. The van der Waals surface area contributed by atoms with Crippen LogP contribution in [-0.4, -0.2) is 53.7 Å². The molecule has 100 valence electrons. The van der Waals surface area contributed by atoms with Crippen LogP contribution in [0.2, 0.25) is 0 Å². The summed E-state index contributed by atoms with van der Waals surface area (Å²) in [6.45, 7) is 3.33. The standard InChI is InChI=1S/C9H17NO6S/c1-9(2,3)6-17(15,16)10(4-7(11)12)5-8(13)14/h4-6H2,1-3H3,(H,11,12)(H,13,14). The number of carboxylic acid groups (broad SMARTS) is 2. The molecule has 17 heavy (non-hydrogen) atoms. The van der Waals surface area contributed by atoms with Crippen molar-refractivity contribution in [1.29, 1.82) is 0 Å². The lowest BCUT2D eigenvalue weighted by molar-refractivity contribution is -0.139. The Morgan fingerprint density at radius 2 is 1.41 bits per heavy atom. The molecule has 0 aromatic heterocycles. The summed E-state index contributed by atoms with van der Waals surface area (Å²) in [4.78, 5) is 21.0. The average molecular weight is 267 g/mol. The van der Waals surface area contributed by atoms with Gasteiger partial charge in [0, 0.05) is 0 Å². The summed E-state index contributed by atoms with van der Waals surface area (Å²) >= 11 is 0. The minimum Gasteiger partial charge on any atom is -0.480 e. The number of carbonyl (C=O) groups is 2. The van der Waals surface area contributed by atoms with Crippen molar-refractivity contribution in [1.82, 2.24) is 4.31 Å². The monoisotopic (exact) mass is 267 g/mol. The molecule has 0 aliphatic rings. The summed E-state index contributed by atoms with van der Waals surface area (Å²) in [5, 5.41) is 17.1. The van der Waals surface area contributed by atoms with Crippen LogP contribution in [0.4, 0.5) is 0 Å². The minimum absolute atomic E-state index is 0.305. The molecule has 0 aliphatic carbocycles. The molecular formula is C9H17NO6S. The van der Waals surface area contributed by atoms with Gasteiger partial charge in [0.05, 0.1) is 5.75 Å². The van der Waals surface area contributed by atoms with Gasteiger partial charge in [-0.1, -0.05) is 20.8 Å². The molecule has 0 rings (SSSR count). The quantitative estimate of drug-likeness (QED) is 0.691. The molecule has 7 nitrogen and oxygen atoms in total. The molecule has 2 N–H and O–H groups in total. The highest BCUT2D eigenvalue weighted by molar-refractivity contribution is 7.89. The molecule has 0 spiro atoms. The van der Waals surface area contributed by atoms with Crippen LogP contribution in [0.15, 0.2) is 0 Å². The van der Waals surface area contributed by atoms with Crippen molar-refractivity contribution in [2.75, 3.05) is 18.8 Å². The Morgan fingerprint density at radius 3 is 1.65 bits per heavy atom. The van der Waals surface area contributed by atoms with Crippen LogP contribution in [0.5, 0.6) is 0 Å². The van der Waals surface area contributed by atoms with Gasteiger partial charge in [0.2, 0.25) is 10.0 Å². The third-order valence-corrected chi connectivity index (χ3v) is 3.91. The van der Waals surface area contributed by atoms with E-state index in [4.69, 9.17) is 10.2 Å². The number of hydrogen-bond donors (Lipinski definition) is 2. The largest absolute Gasteiger partial charge is 0.480 e. The first-order chi connectivity index (χ1) is 7.44. The molecule has 0 fully saturated rings. The molecule has 0 radical (unpaired) electrons. The van der Waals surface area contributed by atoms with E-state index in [0.717, 1.165) is 0 Å². The van der Waals surface area contributed by atoms with Gasteiger partial charge < -0.3 is 10.2 Å². The van der Waals surface area contributed by atoms with E-state index < -0.39 is 40.5 Å². The topological polar surface area (TPSA) is 112 Å². The van der Waals surface area contributed by atoms with E-state index in [1.54, 1.807) is 20.8 Å². The third kappa shape index (κ3) is 6.90. The maximum Gasteiger partial charge on any atom is 0.318 e. The van der Waals surface area contributed by atoms with Crippen molar-refractivity contribution in [2.24, 2.45) is 5.41 Å². The SMILES string of the molecule is CC(C)(C)CS(=O)(=O)N(CC(=O)O)CC(=O)O. The zero-order valence-corrected chi connectivity index (χ0v) is 10.8. The van der Waals surface area contributed by atoms with Gasteiger partial charge in [-0.3, -0.25) is 9.59 Å². The van der Waals surface area contributed by atoms with Gasteiger partial charge in [-0.2, -0.15) is 4.31 Å². The summed E-state index contributed by atoms with van der Waals surface area (Å²) in [7, 11) is -3.90. The summed E-state index contributed by atoms with van der Waals surface area (Å²) in [6, 6.07) is 0. The molecule has 0 saturated carbocycles. The molecule has 0 amide bonds. The van der Waals surface area contributed by atoms with Gasteiger partial charge in [-0.15, -0.1) is 0 Å². The summed E-state index contributed by atoms with van der Waals surface area (Å²) in [5.74, 6) is -3.08. The maximum atomic E-state index is 11.8. The second kappa shape index (κ2) is 5.46. The fraction of sp³-hybridized carbons (Fsp3) is 0.778. The van der Waals surface area contributed by atoms with E-state index in [-0.39, 0.29) is 5.75 Å². The predicted octanol–water partition coefficient (Wildman–Crippen LogP) is -0.166. The maximum absolute atomic E-state index is 11.8. The van der Waals surface area contributed by atoms with Crippen molar-refractivity contribution in [3.05, 3.63) is 0 Å². The van der Waals surface area contributed by atoms with Crippen LogP contribution in [0, 0.1) is 5.41 Å². The Labute approximate surface area is 100 Å². The Morgan fingerprint density at radius 1 is 1.06 bits per heavy atom. The van der Waals surface area contributed by atoms with Crippen molar-refractivity contribution in [3.8, 4) is 0 Å². The molecule has 0 unspecified atom stereocenters. The van der Waals surface area contributed by atoms with Crippen molar-refractivity contribution < 1.29 is 28.2 Å². The number of hydrogen-bond acceptors (Lipinski definition) is 4. The molecular weight excluding hydrogens is 250 g/mol. The Kier molecular flexibility index (Phi) is 5.09. The highest BCUT2D eigenvalue weighted by Crippen LogP contribution is 2.18. The van der Waals surface area contributed by atoms with Crippen molar-refractivity contribution in [3.63, 3.8) is 0 Å². The van der Waals surface area contributed by atoms with Gasteiger partial charge in [-0.05, 0) is 5.41 Å². The van der Waals surface area contributed by atoms with E-state index in [1.807, 2.05) is 0 Å². The Hall–Kier alpha value is -1.15. The molecule has 0 aliphatic heterocycles. The van der Waals surface area contributed by atoms with Crippen LogP contribution >= 0.6 is 0 Å². The Bertz CT molecular complexity index is 378. The first-order valence-corrected chi connectivity index (χ1v) is 6.46. The minimum atomic E-state index is -3.90.